The summed E-state index contributed by atoms with van der Waals surface area (Å²) in [5, 5.41) is 35.7. The number of fused-ring (bicyclic) bond motifs is 1. The Kier molecular flexibility index (Phi) is 11.6. The minimum atomic E-state index is -1.72. The first kappa shape index (κ1) is 31.8. The van der Waals surface area contributed by atoms with Crippen molar-refractivity contribution in [1.29, 1.82) is 0 Å². The molecule has 3 amide bonds. The van der Waals surface area contributed by atoms with Crippen LogP contribution in [0.2, 0.25) is 0 Å². The number of carbonyl (C=O) groups excluding carboxylic acids is 3. The number of nitrogens with two attached hydrogens (primary N) is 1. The number of aromatic nitrogens is 1. The lowest BCUT2D eigenvalue weighted by atomic mass is 9.98. The van der Waals surface area contributed by atoms with Crippen LogP contribution in [0, 0.1) is 5.92 Å². The second-order valence-electron chi connectivity index (χ2n) is 9.53. The quantitative estimate of drug-likeness (QED) is 0.136. The summed E-state index contributed by atoms with van der Waals surface area (Å²) in [4.78, 5) is 76.1. The smallest absolute Gasteiger partial charge is 0.326 e. The van der Waals surface area contributed by atoms with Crippen molar-refractivity contribution >= 4 is 46.5 Å². The molecule has 14 heteroatoms. The van der Waals surface area contributed by atoms with Crippen LogP contribution in [0.15, 0.2) is 30.5 Å². The maximum absolute atomic E-state index is 13.0. The predicted octanol–water partition coefficient (Wildman–Crippen LogP) is -0.0377. The Morgan fingerprint density at radius 3 is 2.08 bits per heavy atom. The highest BCUT2D eigenvalue weighted by Gasteiger charge is 2.32. The number of rotatable bonds is 16. The number of amides is 3. The molecule has 218 valence electrons. The Morgan fingerprint density at radius 1 is 0.875 bits per heavy atom. The first-order valence-corrected chi connectivity index (χ1v) is 12.7. The fourth-order valence-corrected chi connectivity index (χ4v) is 3.97. The fraction of sp³-hybridized carbons (Fsp3) is 0.462. The molecule has 0 bridgehead atoms. The van der Waals surface area contributed by atoms with Crippen molar-refractivity contribution < 1.29 is 44.1 Å². The molecule has 0 saturated carbocycles. The molecule has 0 saturated heterocycles. The van der Waals surface area contributed by atoms with E-state index in [2.05, 4.69) is 20.9 Å². The van der Waals surface area contributed by atoms with E-state index >= 15 is 0 Å². The van der Waals surface area contributed by atoms with E-state index in [0.717, 1.165) is 10.9 Å². The van der Waals surface area contributed by atoms with Gasteiger partial charge in [-0.05, 0) is 24.0 Å². The summed E-state index contributed by atoms with van der Waals surface area (Å²) in [7, 11) is 0. The average molecular weight is 562 g/mol. The second-order valence-corrected chi connectivity index (χ2v) is 9.53. The van der Waals surface area contributed by atoms with Crippen LogP contribution in [-0.2, 0) is 35.2 Å². The lowest BCUT2D eigenvalue weighted by molar-refractivity contribution is -0.143. The van der Waals surface area contributed by atoms with Gasteiger partial charge in [0, 0.05) is 29.9 Å². The van der Waals surface area contributed by atoms with Gasteiger partial charge in [0.25, 0.3) is 0 Å². The molecule has 0 fully saturated rings. The molecule has 9 N–H and O–H groups in total. The molecule has 1 aromatic carbocycles. The van der Waals surface area contributed by atoms with Crippen molar-refractivity contribution in [1.82, 2.24) is 20.9 Å². The molecule has 0 aliphatic rings. The maximum atomic E-state index is 13.0. The van der Waals surface area contributed by atoms with Crippen LogP contribution < -0.4 is 21.7 Å². The summed E-state index contributed by atoms with van der Waals surface area (Å²) in [6.07, 6.45) is 0.249. The van der Waals surface area contributed by atoms with Gasteiger partial charge in [-0.1, -0.05) is 38.5 Å². The number of carboxylic acids is 3. The first-order chi connectivity index (χ1) is 18.8. The summed E-state index contributed by atoms with van der Waals surface area (Å²) in [5.74, 6) is -7.17. The van der Waals surface area contributed by atoms with Gasteiger partial charge in [0.1, 0.15) is 18.1 Å². The number of aliphatic carboxylic acids is 3. The number of aromatic amines is 1. The highest BCUT2D eigenvalue weighted by atomic mass is 16.4. The van der Waals surface area contributed by atoms with Crippen molar-refractivity contribution in [3.63, 3.8) is 0 Å². The second kappa shape index (κ2) is 14.6. The highest BCUT2D eigenvalue weighted by molar-refractivity contribution is 5.96. The van der Waals surface area contributed by atoms with Gasteiger partial charge in [-0.2, -0.15) is 0 Å². The minimum Gasteiger partial charge on any atom is -0.481 e. The Hall–Kier alpha value is -4.46. The number of nitrogens with one attached hydrogen (secondary N) is 4. The molecule has 5 atom stereocenters. The monoisotopic (exact) mass is 561 g/mol. The molecular weight excluding hydrogens is 526 g/mol. The third-order valence-electron chi connectivity index (χ3n) is 6.56. The topological polar surface area (TPSA) is 241 Å². The molecule has 2 rings (SSSR count). The molecule has 1 aromatic heterocycles. The molecule has 1 heterocycles. The molecule has 40 heavy (non-hydrogen) atoms. The van der Waals surface area contributed by atoms with Crippen LogP contribution in [0.3, 0.4) is 0 Å². The predicted molar refractivity (Wildman–Crippen MR) is 142 cm³/mol. The summed E-state index contributed by atoms with van der Waals surface area (Å²) >= 11 is 0. The minimum absolute atomic E-state index is 0.135. The van der Waals surface area contributed by atoms with E-state index in [1.165, 1.54) is 0 Å². The first-order valence-electron chi connectivity index (χ1n) is 12.7. The van der Waals surface area contributed by atoms with Crippen LogP contribution in [0.1, 0.15) is 45.1 Å². The average Bonchev–Trinajstić information content (AvgIpc) is 3.31. The van der Waals surface area contributed by atoms with Gasteiger partial charge in [-0.25, -0.2) is 4.79 Å². The number of benzene rings is 1. The Morgan fingerprint density at radius 2 is 1.48 bits per heavy atom. The van der Waals surface area contributed by atoms with E-state index in [1.807, 2.05) is 6.92 Å². The van der Waals surface area contributed by atoms with Crippen LogP contribution in [0.5, 0.6) is 0 Å². The number of H-pyrrole nitrogens is 1. The number of carboxylic acid groups (broad SMARTS) is 3. The fourth-order valence-electron chi connectivity index (χ4n) is 3.97. The van der Waals surface area contributed by atoms with Gasteiger partial charge in [0.2, 0.25) is 17.7 Å². The molecule has 0 aliphatic heterocycles. The number of carbonyl (C=O) groups is 6. The van der Waals surface area contributed by atoms with Gasteiger partial charge in [-0.3, -0.25) is 24.0 Å². The van der Waals surface area contributed by atoms with E-state index in [9.17, 15) is 39.0 Å². The summed E-state index contributed by atoms with van der Waals surface area (Å²) in [6.45, 7) is 3.53. The zero-order chi connectivity index (χ0) is 30.0. The molecular formula is C26H35N5O9. The van der Waals surface area contributed by atoms with E-state index in [0.29, 0.717) is 12.0 Å². The number of para-hydroxylation sites is 1. The summed E-state index contributed by atoms with van der Waals surface area (Å²) < 4.78 is 0. The molecule has 2 aromatic rings. The summed E-state index contributed by atoms with van der Waals surface area (Å²) in [6, 6.07) is 1.51. The molecule has 5 unspecified atom stereocenters. The van der Waals surface area contributed by atoms with E-state index in [4.69, 9.17) is 10.8 Å². The Bertz CT molecular complexity index is 1240. The van der Waals surface area contributed by atoms with E-state index in [-0.39, 0.29) is 18.8 Å². The number of hydrogen-bond acceptors (Lipinski definition) is 7. The van der Waals surface area contributed by atoms with Gasteiger partial charge >= 0.3 is 17.9 Å². The van der Waals surface area contributed by atoms with Crippen LogP contribution >= 0.6 is 0 Å². The standard InChI is InChI=1S/C26H35N5O9/c1-3-13(2)22(27)25(38)29-17(8-9-20(32)33)23(36)30-18(11-21(34)35)24(37)31-19(26(39)40)10-14-12-28-16-7-5-4-6-15(14)16/h4-7,12-13,17-19,22,28H,3,8-11,27H2,1-2H3,(H,29,38)(H,30,36)(H,31,37)(H,32,33)(H,34,35)(H,39,40). The lowest BCUT2D eigenvalue weighted by Gasteiger charge is -2.25. The Labute approximate surface area is 229 Å². The third kappa shape index (κ3) is 9.08. The van der Waals surface area contributed by atoms with Gasteiger partial charge in [0.05, 0.1) is 12.5 Å². The van der Waals surface area contributed by atoms with Crippen molar-refractivity contribution in [2.24, 2.45) is 11.7 Å². The van der Waals surface area contributed by atoms with Crippen LogP contribution in [0.25, 0.3) is 10.9 Å². The maximum Gasteiger partial charge on any atom is 0.326 e. The van der Waals surface area contributed by atoms with Crippen molar-refractivity contribution in [3.05, 3.63) is 36.0 Å². The van der Waals surface area contributed by atoms with Crippen LogP contribution in [-0.4, -0.2) is 80.1 Å². The highest BCUT2D eigenvalue weighted by Crippen LogP contribution is 2.19. The SMILES string of the molecule is CCC(C)C(N)C(=O)NC(CCC(=O)O)C(=O)NC(CC(=O)O)C(=O)NC(Cc1c[nH]c2ccccc12)C(=O)O. The van der Waals surface area contributed by atoms with Gasteiger partial charge in [-0.15, -0.1) is 0 Å². The zero-order valence-electron chi connectivity index (χ0n) is 22.2. The molecule has 0 aliphatic carbocycles. The van der Waals surface area contributed by atoms with Gasteiger partial charge in [0.15, 0.2) is 0 Å². The Balaban J connectivity index is 2.21. The van der Waals surface area contributed by atoms with Crippen LogP contribution in [0.4, 0.5) is 0 Å². The number of hydrogen-bond donors (Lipinski definition) is 8. The lowest BCUT2D eigenvalue weighted by Crippen LogP contribution is -2.58. The van der Waals surface area contributed by atoms with Crippen molar-refractivity contribution in [2.45, 2.75) is 70.1 Å². The molecule has 14 nitrogen and oxygen atoms in total. The summed E-state index contributed by atoms with van der Waals surface area (Å²) in [5.41, 5.74) is 7.25. The van der Waals surface area contributed by atoms with Gasteiger partial charge < -0.3 is 42.0 Å². The third-order valence-corrected chi connectivity index (χ3v) is 6.56. The normalized spacial score (nSPS) is 14.8. The largest absolute Gasteiger partial charge is 0.481 e. The zero-order valence-corrected chi connectivity index (χ0v) is 22.2. The molecule has 0 spiro atoms. The van der Waals surface area contributed by atoms with Crippen molar-refractivity contribution in [2.75, 3.05) is 0 Å². The van der Waals surface area contributed by atoms with E-state index in [1.54, 1.807) is 37.4 Å². The van der Waals surface area contributed by atoms with Crippen molar-refractivity contribution in [3.8, 4) is 0 Å². The van der Waals surface area contributed by atoms with E-state index < -0.39 is 72.6 Å². The molecule has 0 radical (unpaired) electrons.